The number of hydrogen-bond acceptors (Lipinski definition) is 6. The third-order valence-electron chi connectivity index (χ3n) is 2.30. The Kier molecular flexibility index (Phi) is 6.72. The zero-order valence-corrected chi connectivity index (χ0v) is 11.9. The zero-order chi connectivity index (χ0) is 15.0. The van der Waals surface area contributed by atoms with E-state index in [9.17, 15) is 19.7 Å². The number of ether oxygens (including phenoxy) is 1. The molecule has 1 aromatic rings. The van der Waals surface area contributed by atoms with Crippen LogP contribution in [0.15, 0.2) is 24.3 Å². The fourth-order valence-electron chi connectivity index (χ4n) is 1.34. The fourth-order valence-corrected chi connectivity index (χ4v) is 2.19. The Balaban J connectivity index is 2.35. The molecule has 7 heteroatoms. The maximum atomic E-state index is 11.5. The average molecular weight is 297 g/mol. The monoisotopic (exact) mass is 297 g/mol. The van der Waals surface area contributed by atoms with Crippen molar-refractivity contribution in [3.05, 3.63) is 34.4 Å². The number of carbonyl (C=O) groups is 2. The van der Waals surface area contributed by atoms with E-state index >= 15 is 0 Å². The van der Waals surface area contributed by atoms with Gasteiger partial charge in [0.1, 0.15) is 5.75 Å². The zero-order valence-electron chi connectivity index (χ0n) is 11.0. The first-order valence-corrected chi connectivity index (χ1v) is 7.12. The summed E-state index contributed by atoms with van der Waals surface area (Å²) in [5.41, 5.74) is -0.0643. The molecule has 20 heavy (non-hydrogen) atoms. The highest BCUT2D eigenvalue weighted by Gasteiger charge is 2.09. The van der Waals surface area contributed by atoms with E-state index in [4.69, 9.17) is 4.74 Å². The van der Waals surface area contributed by atoms with Crippen LogP contribution < -0.4 is 4.74 Å². The van der Waals surface area contributed by atoms with Crippen molar-refractivity contribution in [2.45, 2.75) is 26.2 Å². The lowest BCUT2D eigenvalue weighted by atomic mass is 10.3. The summed E-state index contributed by atoms with van der Waals surface area (Å²) >= 11 is 1.12. The molecule has 0 aliphatic rings. The Hall–Kier alpha value is -1.89. The lowest BCUT2D eigenvalue weighted by molar-refractivity contribution is -0.384. The second-order valence-electron chi connectivity index (χ2n) is 3.95. The van der Waals surface area contributed by atoms with Gasteiger partial charge in [0.15, 0.2) is 5.12 Å². The van der Waals surface area contributed by atoms with Crippen molar-refractivity contribution in [2.24, 2.45) is 0 Å². The molecule has 0 aliphatic carbocycles. The highest BCUT2D eigenvalue weighted by atomic mass is 32.2. The first-order chi connectivity index (χ1) is 9.52. The standard InChI is InChI=1S/C13H15NO5S/c1-2-3-13(16)20-9-8-12(15)19-11-6-4-10(5-7-11)14(17)18/h4-7H,2-3,8-9H2,1H3. The second-order valence-corrected chi connectivity index (χ2v) is 5.10. The van der Waals surface area contributed by atoms with E-state index in [1.807, 2.05) is 6.92 Å². The van der Waals surface area contributed by atoms with Gasteiger partial charge in [-0.25, -0.2) is 0 Å². The predicted molar refractivity (Wildman–Crippen MR) is 75.7 cm³/mol. The van der Waals surface area contributed by atoms with Gasteiger partial charge in [0, 0.05) is 24.3 Å². The minimum atomic E-state index is -0.526. The summed E-state index contributed by atoms with van der Waals surface area (Å²) in [6.07, 6.45) is 1.41. The molecular weight excluding hydrogens is 282 g/mol. The first-order valence-electron chi connectivity index (χ1n) is 6.13. The van der Waals surface area contributed by atoms with Gasteiger partial charge in [0.25, 0.3) is 5.69 Å². The summed E-state index contributed by atoms with van der Waals surface area (Å²) in [5.74, 6) is 0.172. The number of nitro benzene ring substituents is 1. The fraction of sp³-hybridized carbons (Fsp3) is 0.385. The second kappa shape index (κ2) is 8.31. The molecule has 0 saturated carbocycles. The molecule has 0 atom stereocenters. The molecule has 0 spiro atoms. The van der Waals surface area contributed by atoms with Gasteiger partial charge in [-0.05, 0) is 18.6 Å². The van der Waals surface area contributed by atoms with Crippen LogP contribution in [0.2, 0.25) is 0 Å². The summed E-state index contributed by atoms with van der Waals surface area (Å²) in [5, 5.41) is 10.5. The number of non-ortho nitro benzene ring substituents is 1. The summed E-state index contributed by atoms with van der Waals surface area (Å²) < 4.78 is 5.00. The summed E-state index contributed by atoms with van der Waals surface area (Å²) in [6.45, 7) is 1.92. The first kappa shape index (κ1) is 16.2. The minimum Gasteiger partial charge on any atom is -0.426 e. The molecule has 0 heterocycles. The Bertz CT molecular complexity index is 486. The van der Waals surface area contributed by atoms with Crippen LogP contribution in [0, 0.1) is 10.1 Å². The van der Waals surface area contributed by atoms with Crippen LogP contribution in [0.3, 0.4) is 0 Å². The molecular formula is C13H15NO5S. The molecule has 0 amide bonds. The van der Waals surface area contributed by atoms with Gasteiger partial charge in [-0.3, -0.25) is 19.7 Å². The Morgan fingerprint density at radius 1 is 1.25 bits per heavy atom. The Morgan fingerprint density at radius 2 is 1.90 bits per heavy atom. The third-order valence-corrected chi connectivity index (χ3v) is 3.24. The molecule has 0 saturated heterocycles. The van der Waals surface area contributed by atoms with Crippen LogP contribution in [0.25, 0.3) is 0 Å². The number of esters is 1. The third kappa shape index (κ3) is 5.83. The van der Waals surface area contributed by atoms with Gasteiger partial charge >= 0.3 is 5.97 Å². The van der Waals surface area contributed by atoms with Crippen molar-refractivity contribution in [1.29, 1.82) is 0 Å². The lowest BCUT2D eigenvalue weighted by Gasteiger charge is -2.03. The molecule has 0 aliphatic heterocycles. The number of nitrogens with zero attached hydrogens (tertiary/aromatic N) is 1. The SMILES string of the molecule is CCCC(=O)SCCC(=O)Oc1ccc([N+](=O)[O-])cc1. The number of hydrogen-bond donors (Lipinski definition) is 0. The number of nitro groups is 1. The molecule has 1 rings (SSSR count). The Labute approximate surface area is 120 Å². The summed E-state index contributed by atoms with van der Waals surface area (Å²) in [7, 11) is 0. The highest BCUT2D eigenvalue weighted by molar-refractivity contribution is 8.13. The molecule has 1 aromatic carbocycles. The van der Waals surface area contributed by atoms with Crippen LogP contribution >= 0.6 is 11.8 Å². The van der Waals surface area contributed by atoms with Crippen molar-refractivity contribution in [1.82, 2.24) is 0 Å². The normalized spacial score (nSPS) is 10.1. The lowest BCUT2D eigenvalue weighted by Crippen LogP contribution is -2.09. The van der Waals surface area contributed by atoms with Crippen LogP contribution in [0.5, 0.6) is 5.75 Å². The maximum absolute atomic E-state index is 11.5. The smallest absolute Gasteiger partial charge is 0.312 e. The molecule has 6 nitrogen and oxygen atoms in total. The summed E-state index contributed by atoms with van der Waals surface area (Å²) in [4.78, 5) is 32.7. The molecule has 0 N–H and O–H groups in total. The van der Waals surface area contributed by atoms with E-state index in [1.165, 1.54) is 24.3 Å². The van der Waals surface area contributed by atoms with E-state index in [0.29, 0.717) is 12.2 Å². The van der Waals surface area contributed by atoms with Crippen molar-refractivity contribution < 1.29 is 19.2 Å². The number of carbonyl (C=O) groups excluding carboxylic acids is 2. The van der Waals surface area contributed by atoms with Crippen LogP contribution in [0.4, 0.5) is 5.69 Å². The Morgan fingerprint density at radius 3 is 2.45 bits per heavy atom. The van der Waals surface area contributed by atoms with Gasteiger partial charge in [0.2, 0.25) is 0 Å². The van der Waals surface area contributed by atoms with E-state index in [1.54, 1.807) is 0 Å². The van der Waals surface area contributed by atoms with Crippen LogP contribution in [-0.2, 0) is 9.59 Å². The molecule has 0 aromatic heterocycles. The number of rotatable bonds is 7. The molecule has 0 fully saturated rings. The number of thioether (sulfide) groups is 1. The topological polar surface area (TPSA) is 86.5 Å². The highest BCUT2D eigenvalue weighted by Crippen LogP contribution is 2.18. The predicted octanol–water partition coefficient (Wildman–Crippen LogP) is 2.95. The maximum Gasteiger partial charge on any atom is 0.312 e. The van der Waals surface area contributed by atoms with Crippen molar-refractivity contribution in [3.63, 3.8) is 0 Å². The van der Waals surface area contributed by atoms with Gasteiger partial charge < -0.3 is 4.74 Å². The van der Waals surface area contributed by atoms with Crippen LogP contribution in [0.1, 0.15) is 26.2 Å². The van der Waals surface area contributed by atoms with Gasteiger partial charge in [-0.15, -0.1) is 0 Å². The molecule has 0 radical (unpaired) electrons. The van der Waals surface area contributed by atoms with E-state index < -0.39 is 10.9 Å². The average Bonchev–Trinajstić information content (AvgIpc) is 2.39. The summed E-state index contributed by atoms with van der Waals surface area (Å²) in [6, 6.07) is 5.26. The van der Waals surface area contributed by atoms with E-state index in [2.05, 4.69) is 0 Å². The quantitative estimate of drug-likeness (QED) is 0.333. The molecule has 108 valence electrons. The van der Waals surface area contributed by atoms with Crippen molar-refractivity contribution in [2.75, 3.05) is 5.75 Å². The van der Waals surface area contributed by atoms with Gasteiger partial charge in [-0.2, -0.15) is 0 Å². The van der Waals surface area contributed by atoms with E-state index in [-0.39, 0.29) is 23.0 Å². The largest absolute Gasteiger partial charge is 0.426 e. The van der Waals surface area contributed by atoms with Gasteiger partial charge in [0.05, 0.1) is 11.3 Å². The number of benzene rings is 1. The van der Waals surface area contributed by atoms with E-state index in [0.717, 1.165) is 18.2 Å². The molecule has 0 unspecified atom stereocenters. The molecule has 0 bridgehead atoms. The minimum absolute atomic E-state index is 0.0643. The van der Waals surface area contributed by atoms with Crippen molar-refractivity contribution >= 4 is 28.5 Å². The van der Waals surface area contributed by atoms with Crippen molar-refractivity contribution in [3.8, 4) is 5.75 Å². The van der Waals surface area contributed by atoms with Gasteiger partial charge in [-0.1, -0.05) is 18.7 Å². The van der Waals surface area contributed by atoms with Crippen LogP contribution in [-0.4, -0.2) is 21.8 Å².